The summed E-state index contributed by atoms with van der Waals surface area (Å²) in [5.74, 6) is 1.46. The van der Waals surface area contributed by atoms with E-state index in [1.165, 1.54) is 0 Å². The highest BCUT2D eigenvalue weighted by Crippen LogP contribution is 2.37. The molecule has 48 heavy (non-hydrogen) atoms. The number of aromatic amines is 1. The van der Waals surface area contributed by atoms with E-state index in [2.05, 4.69) is 64.3 Å². The maximum atomic E-state index is 13.9. The van der Waals surface area contributed by atoms with Crippen molar-refractivity contribution in [2.75, 3.05) is 27.9 Å². The lowest BCUT2D eigenvalue weighted by Gasteiger charge is -2.31. The predicted octanol–water partition coefficient (Wildman–Crippen LogP) is 6.31. The second-order valence-corrected chi connectivity index (χ2v) is 12.0. The summed E-state index contributed by atoms with van der Waals surface area (Å²) in [5.41, 5.74) is 7.52. The van der Waals surface area contributed by atoms with Crippen molar-refractivity contribution >= 4 is 22.7 Å². The summed E-state index contributed by atoms with van der Waals surface area (Å²) in [6.45, 7) is 2.93. The van der Waals surface area contributed by atoms with Crippen molar-refractivity contribution < 1.29 is 23.8 Å². The second-order valence-electron chi connectivity index (χ2n) is 12.0. The summed E-state index contributed by atoms with van der Waals surface area (Å²) in [7, 11) is 4.73. The predicted molar refractivity (Wildman–Crippen MR) is 188 cm³/mol. The lowest BCUT2D eigenvalue weighted by molar-refractivity contribution is -0.123. The number of carbonyl (C=O) groups is 2. The summed E-state index contributed by atoms with van der Waals surface area (Å²) < 4.78 is 16.6. The van der Waals surface area contributed by atoms with E-state index >= 15 is 0 Å². The van der Waals surface area contributed by atoms with Crippen LogP contribution in [-0.2, 0) is 17.8 Å². The van der Waals surface area contributed by atoms with Crippen LogP contribution in [0.25, 0.3) is 22.0 Å². The Morgan fingerprint density at radius 3 is 2.21 bits per heavy atom. The van der Waals surface area contributed by atoms with Gasteiger partial charge < -0.3 is 29.8 Å². The largest absolute Gasteiger partial charge is 0.496 e. The second kappa shape index (κ2) is 14.6. The SMILES string of the molecule is CCCCNC(=O)c1ccc2[nH]c3c(c2c1)C[C@H](C(=O)NCc1c(OC)cc(OC)cc1OC)N[C@@H]3c1ccc(-c2ccccc2)cc1. The molecule has 0 spiro atoms. The molecule has 2 amide bonds. The average Bonchev–Trinajstić information content (AvgIpc) is 3.51. The van der Waals surface area contributed by atoms with Crippen LogP contribution in [0.15, 0.2) is 84.9 Å². The molecule has 1 aliphatic rings. The number of aromatic nitrogens is 1. The van der Waals surface area contributed by atoms with Gasteiger partial charge in [-0.05, 0) is 53.3 Å². The van der Waals surface area contributed by atoms with E-state index in [-0.39, 0.29) is 24.4 Å². The van der Waals surface area contributed by atoms with Crippen LogP contribution in [0.3, 0.4) is 0 Å². The first-order chi connectivity index (χ1) is 23.4. The summed E-state index contributed by atoms with van der Waals surface area (Å²) >= 11 is 0. The number of H-pyrrole nitrogens is 1. The Morgan fingerprint density at radius 1 is 0.833 bits per heavy atom. The van der Waals surface area contributed by atoms with Gasteiger partial charge in [-0.2, -0.15) is 0 Å². The van der Waals surface area contributed by atoms with Crippen LogP contribution < -0.4 is 30.2 Å². The van der Waals surface area contributed by atoms with Gasteiger partial charge in [-0.15, -0.1) is 0 Å². The molecule has 4 aromatic carbocycles. The standard InChI is InChI=1S/C39H42N4O5/c1-5-6-18-40-38(44)27-16-17-32-29(19-27)30-22-33(39(45)41-23-31-34(47-3)20-28(46-2)21-35(31)48-4)43-36(37(30)42-32)26-14-12-25(13-15-26)24-10-8-7-9-11-24/h7-17,19-21,33,36,42-43H,5-6,18,22-23H2,1-4H3,(H,40,44)(H,41,45)/t33-,36-/m1/s1. The third-order valence-corrected chi connectivity index (χ3v) is 9.01. The van der Waals surface area contributed by atoms with Crippen LogP contribution in [0.5, 0.6) is 17.2 Å². The first kappa shape index (κ1) is 32.7. The Kier molecular flexibility index (Phi) is 9.96. The monoisotopic (exact) mass is 646 g/mol. The van der Waals surface area contributed by atoms with E-state index in [0.29, 0.717) is 41.3 Å². The number of unbranched alkanes of at least 4 members (excludes halogenated alkanes) is 1. The Morgan fingerprint density at radius 2 is 1.54 bits per heavy atom. The molecule has 1 aliphatic heterocycles. The molecule has 2 atom stereocenters. The normalized spacial score (nSPS) is 15.4. The molecule has 0 unspecified atom stereocenters. The van der Waals surface area contributed by atoms with Gasteiger partial charge in [0.2, 0.25) is 5.91 Å². The first-order valence-corrected chi connectivity index (χ1v) is 16.3. The van der Waals surface area contributed by atoms with Crippen molar-refractivity contribution in [1.82, 2.24) is 20.9 Å². The molecule has 9 heteroatoms. The van der Waals surface area contributed by atoms with Crippen molar-refractivity contribution in [3.05, 3.63) is 113 Å². The van der Waals surface area contributed by atoms with Gasteiger partial charge in [0.05, 0.1) is 45.5 Å². The number of benzene rings is 4. The van der Waals surface area contributed by atoms with Crippen LogP contribution in [0.2, 0.25) is 0 Å². The van der Waals surface area contributed by atoms with Crippen molar-refractivity contribution in [1.29, 1.82) is 0 Å². The van der Waals surface area contributed by atoms with E-state index in [0.717, 1.165) is 51.7 Å². The molecule has 6 rings (SSSR count). The van der Waals surface area contributed by atoms with Crippen molar-refractivity contribution in [3.63, 3.8) is 0 Å². The first-order valence-electron chi connectivity index (χ1n) is 16.3. The molecular weight excluding hydrogens is 604 g/mol. The molecule has 0 bridgehead atoms. The molecule has 0 radical (unpaired) electrons. The van der Waals surface area contributed by atoms with Crippen molar-refractivity contribution in [3.8, 4) is 28.4 Å². The van der Waals surface area contributed by atoms with Crippen LogP contribution in [0, 0.1) is 0 Å². The lowest BCUT2D eigenvalue weighted by Crippen LogP contribution is -2.49. The van der Waals surface area contributed by atoms with Crippen LogP contribution in [0.1, 0.15) is 58.5 Å². The molecular formula is C39H42N4O5. The van der Waals surface area contributed by atoms with E-state index < -0.39 is 6.04 Å². The van der Waals surface area contributed by atoms with E-state index in [9.17, 15) is 9.59 Å². The van der Waals surface area contributed by atoms with Crippen LogP contribution in [0.4, 0.5) is 0 Å². The quantitative estimate of drug-likeness (QED) is 0.118. The summed E-state index contributed by atoms with van der Waals surface area (Å²) in [5, 5.41) is 10.7. The van der Waals surface area contributed by atoms with Gasteiger partial charge in [0.1, 0.15) is 17.2 Å². The van der Waals surface area contributed by atoms with Gasteiger partial charge in [-0.25, -0.2) is 0 Å². The summed E-state index contributed by atoms with van der Waals surface area (Å²) in [6, 6.07) is 27.1. The fourth-order valence-corrected chi connectivity index (χ4v) is 6.39. The van der Waals surface area contributed by atoms with Crippen LogP contribution in [-0.4, -0.2) is 50.7 Å². The third kappa shape index (κ3) is 6.73. The van der Waals surface area contributed by atoms with E-state index in [4.69, 9.17) is 14.2 Å². The zero-order valence-electron chi connectivity index (χ0n) is 27.8. The van der Waals surface area contributed by atoms with Crippen molar-refractivity contribution in [2.24, 2.45) is 0 Å². The van der Waals surface area contributed by atoms with Gasteiger partial charge in [-0.3, -0.25) is 14.9 Å². The van der Waals surface area contributed by atoms with Crippen molar-refractivity contribution in [2.45, 2.75) is 44.8 Å². The molecule has 9 nitrogen and oxygen atoms in total. The maximum absolute atomic E-state index is 13.9. The Hall–Kier alpha value is -5.28. The molecule has 0 saturated heterocycles. The minimum absolute atomic E-state index is 0.0982. The molecule has 0 saturated carbocycles. The number of nitrogens with one attached hydrogen (secondary N) is 4. The molecule has 1 aromatic heterocycles. The fraction of sp³-hybridized carbons (Fsp3) is 0.282. The molecule has 0 fully saturated rings. The topological polar surface area (TPSA) is 114 Å². The molecule has 5 aromatic rings. The maximum Gasteiger partial charge on any atom is 0.251 e. The molecule has 4 N–H and O–H groups in total. The molecule has 248 valence electrons. The number of methoxy groups -OCH3 is 3. The minimum atomic E-state index is -0.549. The minimum Gasteiger partial charge on any atom is -0.496 e. The van der Waals surface area contributed by atoms with Gasteiger partial charge in [0.15, 0.2) is 0 Å². The Balaban J connectivity index is 1.33. The average molecular weight is 647 g/mol. The molecule has 0 aliphatic carbocycles. The number of hydrogen-bond donors (Lipinski definition) is 4. The number of hydrogen-bond acceptors (Lipinski definition) is 6. The van der Waals surface area contributed by atoms with Crippen LogP contribution >= 0.6 is 0 Å². The summed E-state index contributed by atoms with van der Waals surface area (Å²) in [4.78, 5) is 30.6. The number of ether oxygens (including phenoxy) is 3. The zero-order valence-corrected chi connectivity index (χ0v) is 27.8. The number of rotatable bonds is 12. The van der Waals surface area contributed by atoms with Gasteiger partial charge >= 0.3 is 0 Å². The van der Waals surface area contributed by atoms with Gasteiger partial charge in [0.25, 0.3) is 5.91 Å². The third-order valence-electron chi connectivity index (χ3n) is 9.01. The smallest absolute Gasteiger partial charge is 0.251 e. The lowest BCUT2D eigenvalue weighted by atomic mass is 9.89. The number of carbonyl (C=O) groups excluding carboxylic acids is 2. The summed E-state index contributed by atoms with van der Waals surface area (Å²) in [6.07, 6.45) is 2.37. The zero-order chi connectivity index (χ0) is 33.6. The van der Waals surface area contributed by atoms with Gasteiger partial charge in [-0.1, -0.05) is 67.9 Å². The number of amides is 2. The Bertz CT molecular complexity index is 1880. The molecule has 2 heterocycles. The fourth-order valence-electron chi connectivity index (χ4n) is 6.39. The highest BCUT2D eigenvalue weighted by atomic mass is 16.5. The Labute approximate surface area is 281 Å². The highest BCUT2D eigenvalue weighted by Gasteiger charge is 2.34. The highest BCUT2D eigenvalue weighted by molar-refractivity contribution is 5.99. The number of fused-ring (bicyclic) bond motifs is 3. The van der Waals surface area contributed by atoms with E-state index in [1.54, 1.807) is 33.5 Å². The van der Waals surface area contributed by atoms with E-state index in [1.807, 2.05) is 36.4 Å². The van der Waals surface area contributed by atoms with Gasteiger partial charge in [0, 0.05) is 40.8 Å².